The number of rotatable bonds is 1. The molecule has 0 fully saturated rings. The van der Waals surface area contributed by atoms with E-state index in [1.54, 1.807) is 26.0 Å². The summed E-state index contributed by atoms with van der Waals surface area (Å²) >= 11 is 0. The molecule has 3 nitrogen and oxygen atoms in total. The minimum absolute atomic E-state index is 0. The van der Waals surface area contributed by atoms with Crippen molar-refractivity contribution in [1.82, 2.24) is 0 Å². The second-order valence-electron chi connectivity index (χ2n) is 2.72. The second kappa shape index (κ2) is 4.39. The van der Waals surface area contributed by atoms with E-state index in [1.165, 1.54) is 6.07 Å². The molecule has 76 valence electrons. The Kier molecular flexibility index (Phi) is 4.35. The van der Waals surface area contributed by atoms with Crippen molar-refractivity contribution in [3.05, 3.63) is 29.3 Å². The molecule has 0 aromatic heterocycles. The first-order valence-electron chi connectivity index (χ1n) is 3.44. The van der Waals surface area contributed by atoms with E-state index in [-0.39, 0.29) is 27.3 Å². The van der Waals surface area contributed by atoms with Gasteiger partial charge in [-0.05, 0) is 31.0 Å². The van der Waals surface area contributed by atoms with Crippen molar-refractivity contribution in [1.29, 1.82) is 0 Å². The van der Waals surface area contributed by atoms with Crippen molar-refractivity contribution in [3.8, 4) is 0 Å². The molecule has 0 aliphatic carbocycles. The minimum atomic E-state index is -4.31. The van der Waals surface area contributed by atoms with Gasteiger partial charge in [-0.3, -0.25) is 0 Å². The molecule has 13 heavy (non-hydrogen) atoms. The van der Waals surface area contributed by atoms with Gasteiger partial charge in [0.15, 0.2) is 0 Å². The number of benzene rings is 1. The van der Waals surface area contributed by atoms with Crippen LogP contribution in [0, 0.1) is 13.8 Å². The SMILES string of the molecule is Cc1ccc(C)c(S(=O)(=O)[O-])c1.[Ag+]. The van der Waals surface area contributed by atoms with Crippen LogP contribution < -0.4 is 0 Å². The zero-order valence-electron chi connectivity index (χ0n) is 7.17. The third-order valence-corrected chi connectivity index (χ3v) is 2.59. The fourth-order valence-corrected chi connectivity index (χ4v) is 1.77. The van der Waals surface area contributed by atoms with Crippen LogP contribution in [0.5, 0.6) is 0 Å². The van der Waals surface area contributed by atoms with Gasteiger partial charge in [0.1, 0.15) is 10.1 Å². The first-order valence-corrected chi connectivity index (χ1v) is 4.85. The van der Waals surface area contributed by atoms with Crippen LogP contribution in [0.25, 0.3) is 0 Å². The number of hydrogen-bond donors (Lipinski definition) is 0. The molecule has 0 saturated carbocycles. The summed E-state index contributed by atoms with van der Waals surface area (Å²) in [4.78, 5) is -0.123. The standard InChI is InChI=1S/C8H10O3S.Ag/c1-6-3-4-7(2)8(5-6)12(9,10)11;/h3-5H,1-2H3,(H,9,10,11);/q;+1/p-1. The Balaban J connectivity index is 0.00000144. The molecule has 0 bridgehead atoms. The van der Waals surface area contributed by atoms with Gasteiger partial charge in [0.2, 0.25) is 0 Å². The zero-order valence-corrected chi connectivity index (χ0v) is 9.47. The van der Waals surface area contributed by atoms with Crippen LogP contribution in [-0.2, 0) is 32.5 Å². The van der Waals surface area contributed by atoms with E-state index in [0.29, 0.717) is 5.56 Å². The van der Waals surface area contributed by atoms with Gasteiger partial charge in [-0.2, -0.15) is 0 Å². The van der Waals surface area contributed by atoms with Crippen LogP contribution in [0.15, 0.2) is 23.1 Å². The van der Waals surface area contributed by atoms with E-state index in [0.717, 1.165) is 5.56 Å². The van der Waals surface area contributed by atoms with Gasteiger partial charge in [-0.1, -0.05) is 12.1 Å². The predicted octanol–water partition coefficient (Wildman–Crippen LogP) is 1.21. The maximum Gasteiger partial charge on any atom is 1.00 e. The van der Waals surface area contributed by atoms with Crippen molar-refractivity contribution in [2.45, 2.75) is 18.7 Å². The summed E-state index contributed by atoms with van der Waals surface area (Å²) in [5.74, 6) is 0. The normalized spacial score (nSPS) is 10.7. The van der Waals surface area contributed by atoms with Gasteiger partial charge in [-0.25, -0.2) is 8.42 Å². The molecule has 0 N–H and O–H groups in total. The molecule has 0 aliphatic rings. The molecule has 0 spiro atoms. The van der Waals surface area contributed by atoms with Crippen LogP contribution in [0.4, 0.5) is 0 Å². The van der Waals surface area contributed by atoms with E-state index in [2.05, 4.69) is 0 Å². The first kappa shape index (κ1) is 12.9. The summed E-state index contributed by atoms with van der Waals surface area (Å²) in [6.45, 7) is 3.35. The average molecular weight is 293 g/mol. The van der Waals surface area contributed by atoms with Crippen molar-refractivity contribution in [3.63, 3.8) is 0 Å². The van der Waals surface area contributed by atoms with Gasteiger partial charge in [0, 0.05) is 0 Å². The molecule has 0 amide bonds. The number of hydrogen-bond acceptors (Lipinski definition) is 3. The Bertz CT molecular complexity index is 398. The van der Waals surface area contributed by atoms with Crippen molar-refractivity contribution in [2.75, 3.05) is 0 Å². The van der Waals surface area contributed by atoms with Crippen molar-refractivity contribution < 1.29 is 35.4 Å². The molecule has 5 heteroatoms. The summed E-state index contributed by atoms with van der Waals surface area (Å²) in [5, 5.41) is 0. The molecular weight excluding hydrogens is 284 g/mol. The molecule has 1 aromatic carbocycles. The molecule has 0 heterocycles. The molecular formula is C8H9AgO3S. The van der Waals surface area contributed by atoms with Crippen LogP contribution in [0.3, 0.4) is 0 Å². The van der Waals surface area contributed by atoms with Crippen LogP contribution in [0.1, 0.15) is 11.1 Å². The molecule has 0 atom stereocenters. The van der Waals surface area contributed by atoms with Crippen molar-refractivity contribution >= 4 is 10.1 Å². The van der Waals surface area contributed by atoms with Crippen LogP contribution in [0.2, 0.25) is 0 Å². The Hall–Kier alpha value is -0.130. The van der Waals surface area contributed by atoms with Gasteiger partial charge < -0.3 is 4.55 Å². The van der Waals surface area contributed by atoms with Gasteiger partial charge in [0.25, 0.3) is 0 Å². The largest absolute Gasteiger partial charge is 1.00 e. The Morgan fingerprint density at radius 2 is 1.77 bits per heavy atom. The predicted molar refractivity (Wildman–Crippen MR) is 43.9 cm³/mol. The molecule has 0 aliphatic heterocycles. The molecule has 0 unspecified atom stereocenters. The molecule has 1 aromatic rings. The van der Waals surface area contributed by atoms with E-state index < -0.39 is 10.1 Å². The van der Waals surface area contributed by atoms with Gasteiger partial charge in [-0.15, -0.1) is 0 Å². The van der Waals surface area contributed by atoms with Crippen LogP contribution in [-0.4, -0.2) is 13.0 Å². The topological polar surface area (TPSA) is 57.2 Å². The first-order chi connectivity index (χ1) is 5.41. The monoisotopic (exact) mass is 292 g/mol. The fourth-order valence-electron chi connectivity index (χ4n) is 0.977. The second-order valence-corrected chi connectivity index (χ2v) is 4.07. The summed E-state index contributed by atoms with van der Waals surface area (Å²) < 4.78 is 32.0. The van der Waals surface area contributed by atoms with Gasteiger partial charge >= 0.3 is 22.4 Å². The molecule has 0 radical (unpaired) electrons. The Morgan fingerprint density at radius 1 is 1.23 bits per heavy atom. The van der Waals surface area contributed by atoms with Gasteiger partial charge in [0.05, 0.1) is 4.90 Å². The van der Waals surface area contributed by atoms with Crippen molar-refractivity contribution in [2.24, 2.45) is 0 Å². The maximum atomic E-state index is 10.7. The maximum absolute atomic E-state index is 10.7. The quantitative estimate of drug-likeness (QED) is 0.577. The smallest absolute Gasteiger partial charge is 0.744 e. The van der Waals surface area contributed by atoms with Crippen LogP contribution >= 0.6 is 0 Å². The van der Waals surface area contributed by atoms with E-state index in [1.807, 2.05) is 0 Å². The third-order valence-electron chi connectivity index (χ3n) is 1.61. The average Bonchev–Trinajstić information content (AvgIpc) is 1.92. The molecule has 1 rings (SSSR count). The third kappa shape index (κ3) is 3.25. The fraction of sp³-hybridized carbons (Fsp3) is 0.250. The van der Waals surface area contributed by atoms with E-state index >= 15 is 0 Å². The molecule has 0 saturated heterocycles. The Morgan fingerprint density at radius 3 is 2.15 bits per heavy atom. The minimum Gasteiger partial charge on any atom is -0.744 e. The zero-order chi connectivity index (χ0) is 9.35. The summed E-state index contributed by atoms with van der Waals surface area (Å²) in [6.07, 6.45) is 0. The summed E-state index contributed by atoms with van der Waals surface area (Å²) in [7, 11) is -4.31. The van der Waals surface area contributed by atoms with E-state index in [9.17, 15) is 13.0 Å². The van der Waals surface area contributed by atoms with E-state index in [4.69, 9.17) is 0 Å². The Labute approximate surface area is 93.4 Å². The summed E-state index contributed by atoms with van der Waals surface area (Å²) in [6, 6.07) is 4.78. The summed E-state index contributed by atoms with van der Waals surface area (Å²) in [5.41, 5.74) is 1.27. The number of aryl methyl sites for hydroxylation is 2.